The molecule has 92 valence electrons. The van der Waals surface area contributed by atoms with E-state index in [1.165, 1.54) is 4.88 Å². The summed E-state index contributed by atoms with van der Waals surface area (Å²) in [6.07, 6.45) is 3.70. The zero-order valence-electron chi connectivity index (χ0n) is 10.5. The second-order valence-corrected chi connectivity index (χ2v) is 7.14. The minimum Gasteiger partial charge on any atom is -0.320 e. The van der Waals surface area contributed by atoms with Crippen LogP contribution in [0.1, 0.15) is 31.5 Å². The molecule has 0 aliphatic heterocycles. The highest BCUT2D eigenvalue weighted by Crippen LogP contribution is 2.33. The molecular weight excluding hydrogens is 252 g/mol. The summed E-state index contributed by atoms with van der Waals surface area (Å²) >= 11 is 3.48. The van der Waals surface area contributed by atoms with Crippen LogP contribution in [0.5, 0.6) is 0 Å². The van der Waals surface area contributed by atoms with Gasteiger partial charge in [0.25, 0.3) is 0 Å². The molecule has 0 atom stereocenters. The molecule has 0 aliphatic rings. The predicted octanol–water partition coefficient (Wildman–Crippen LogP) is 2.86. The van der Waals surface area contributed by atoms with Gasteiger partial charge in [-0.3, -0.25) is 0 Å². The standard InChI is InChI=1S/C11H16N4S2/c1-11(2,3)8-5-12-10(17-8)16-6-9-14-13-7-15(9)4/h5,7H,6H2,1-4H3. The van der Waals surface area contributed by atoms with E-state index in [0.29, 0.717) is 0 Å². The van der Waals surface area contributed by atoms with Gasteiger partial charge in [-0.2, -0.15) is 0 Å². The Balaban J connectivity index is 2.01. The zero-order chi connectivity index (χ0) is 12.5. The van der Waals surface area contributed by atoms with Crippen molar-refractivity contribution in [2.75, 3.05) is 0 Å². The molecule has 0 radical (unpaired) electrons. The van der Waals surface area contributed by atoms with Crippen molar-refractivity contribution >= 4 is 23.1 Å². The first-order valence-corrected chi connectivity index (χ1v) is 7.19. The van der Waals surface area contributed by atoms with Crippen LogP contribution in [0.25, 0.3) is 0 Å². The fourth-order valence-corrected chi connectivity index (χ4v) is 3.26. The molecule has 0 spiro atoms. The summed E-state index contributed by atoms with van der Waals surface area (Å²) in [6, 6.07) is 0. The molecule has 0 N–H and O–H groups in total. The molecule has 2 aromatic heterocycles. The van der Waals surface area contributed by atoms with Crippen LogP contribution in [0.15, 0.2) is 16.9 Å². The molecule has 2 aromatic rings. The lowest BCUT2D eigenvalue weighted by Crippen LogP contribution is -2.07. The maximum Gasteiger partial charge on any atom is 0.150 e. The Kier molecular flexibility index (Phi) is 3.53. The third kappa shape index (κ3) is 3.07. The second-order valence-electron chi connectivity index (χ2n) is 4.89. The van der Waals surface area contributed by atoms with Crippen LogP contribution in [-0.2, 0) is 18.2 Å². The Bertz CT molecular complexity index is 496. The van der Waals surface area contributed by atoms with Crippen LogP contribution < -0.4 is 0 Å². The SMILES string of the molecule is Cn1cnnc1CSc1ncc(C(C)(C)C)s1. The molecule has 0 unspecified atom stereocenters. The van der Waals surface area contributed by atoms with E-state index in [1.54, 1.807) is 29.4 Å². The van der Waals surface area contributed by atoms with Gasteiger partial charge in [0.1, 0.15) is 16.5 Å². The van der Waals surface area contributed by atoms with Crippen molar-refractivity contribution in [2.24, 2.45) is 7.05 Å². The van der Waals surface area contributed by atoms with Crippen LogP contribution in [0.2, 0.25) is 0 Å². The molecule has 17 heavy (non-hydrogen) atoms. The lowest BCUT2D eigenvalue weighted by atomic mass is 9.96. The van der Waals surface area contributed by atoms with Crippen molar-refractivity contribution in [1.29, 1.82) is 0 Å². The summed E-state index contributed by atoms with van der Waals surface area (Å²) in [5, 5.41) is 7.92. The van der Waals surface area contributed by atoms with E-state index in [9.17, 15) is 0 Å². The Hall–Kier alpha value is -0.880. The van der Waals surface area contributed by atoms with E-state index >= 15 is 0 Å². The quantitative estimate of drug-likeness (QED) is 0.803. The molecule has 0 saturated carbocycles. The van der Waals surface area contributed by atoms with Crippen molar-refractivity contribution in [3.63, 3.8) is 0 Å². The van der Waals surface area contributed by atoms with Crippen molar-refractivity contribution in [3.8, 4) is 0 Å². The molecule has 0 aromatic carbocycles. The molecule has 0 saturated heterocycles. The number of rotatable bonds is 3. The van der Waals surface area contributed by atoms with Gasteiger partial charge >= 0.3 is 0 Å². The molecule has 0 bridgehead atoms. The van der Waals surface area contributed by atoms with Gasteiger partial charge in [-0.15, -0.1) is 21.5 Å². The monoisotopic (exact) mass is 268 g/mol. The second kappa shape index (κ2) is 4.78. The van der Waals surface area contributed by atoms with E-state index < -0.39 is 0 Å². The zero-order valence-corrected chi connectivity index (χ0v) is 12.1. The van der Waals surface area contributed by atoms with Crippen molar-refractivity contribution in [3.05, 3.63) is 23.2 Å². The van der Waals surface area contributed by atoms with Crippen LogP contribution in [0.4, 0.5) is 0 Å². The summed E-state index contributed by atoms with van der Waals surface area (Å²) in [4.78, 5) is 5.75. The van der Waals surface area contributed by atoms with Crippen molar-refractivity contribution in [2.45, 2.75) is 36.3 Å². The number of hydrogen-bond donors (Lipinski definition) is 0. The highest BCUT2D eigenvalue weighted by Gasteiger charge is 2.17. The van der Waals surface area contributed by atoms with E-state index in [0.717, 1.165) is 15.9 Å². The van der Waals surface area contributed by atoms with Gasteiger partial charge in [0.15, 0.2) is 0 Å². The molecule has 0 aliphatic carbocycles. The average Bonchev–Trinajstić information content (AvgIpc) is 2.82. The number of hydrogen-bond acceptors (Lipinski definition) is 5. The third-order valence-electron chi connectivity index (χ3n) is 2.35. The van der Waals surface area contributed by atoms with Crippen LogP contribution >= 0.6 is 23.1 Å². The summed E-state index contributed by atoms with van der Waals surface area (Å²) in [7, 11) is 1.96. The van der Waals surface area contributed by atoms with Crippen LogP contribution in [0, 0.1) is 0 Å². The number of thioether (sulfide) groups is 1. The maximum absolute atomic E-state index is 4.44. The van der Waals surface area contributed by atoms with Crippen molar-refractivity contribution in [1.82, 2.24) is 19.7 Å². The largest absolute Gasteiger partial charge is 0.320 e. The van der Waals surface area contributed by atoms with Gasteiger partial charge in [-0.25, -0.2) is 4.98 Å². The highest BCUT2D eigenvalue weighted by molar-refractivity contribution is 8.00. The first kappa shape index (κ1) is 12.6. The Morgan fingerprint density at radius 1 is 1.41 bits per heavy atom. The maximum atomic E-state index is 4.44. The molecule has 6 heteroatoms. The van der Waals surface area contributed by atoms with Gasteiger partial charge in [0, 0.05) is 18.1 Å². The molecular formula is C11H16N4S2. The Morgan fingerprint density at radius 2 is 2.18 bits per heavy atom. The van der Waals surface area contributed by atoms with Crippen LogP contribution in [-0.4, -0.2) is 19.7 Å². The van der Waals surface area contributed by atoms with Gasteiger partial charge in [-0.1, -0.05) is 32.5 Å². The summed E-state index contributed by atoms with van der Waals surface area (Å²) < 4.78 is 3.03. The summed E-state index contributed by atoms with van der Waals surface area (Å²) in [5.41, 5.74) is 0.182. The Labute approximate surface area is 109 Å². The molecule has 2 rings (SSSR count). The Morgan fingerprint density at radius 3 is 2.71 bits per heavy atom. The smallest absolute Gasteiger partial charge is 0.150 e. The molecule has 0 amide bonds. The van der Waals surface area contributed by atoms with Gasteiger partial charge in [0.2, 0.25) is 0 Å². The fourth-order valence-electron chi connectivity index (χ4n) is 1.24. The van der Waals surface area contributed by atoms with Crippen molar-refractivity contribution < 1.29 is 0 Å². The number of nitrogens with zero attached hydrogens (tertiary/aromatic N) is 4. The fraction of sp³-hybridized carbons (Fsp3) is 0.545. The molecule has 2 heterocycles. The number of thiazole rings is 1. The number of aromatic nitrogens is 4. The lowest BCUT2D eigenvalue weighted by molar-refractivity contribution is 0.602. The van der Waals surface area contributed by atoms with Gasteiger partial charge < -0.3 is 4.57 Å². The highest BCUT2D eigenvalue weighted by atomic mass is 32.2. The molecule has 0 fully saturated rings. The minimum atomic E-state index is 0.182. The summed E-state index contributed by atoms with van der Waals surface area (Å²) in [6.45, 7) is 6.62. The van der Waals surface area contributed by atoms with Crippen LogP contribution in [0.3, 0.4) is 0 Å². The summed E-state index contributed by atoms with van der Waals surface area (Å²) in [5.74, 6) is 1.79. The van der Waals surface area contributed by atoms with Gasteiger partial charge in [-0.05, 0) is 5.41 Å². The first-order valence-electron chi connectivity index (χ1n) is 5.39. The first-order chi connectivity index (χ1) is 7.97. The third-order valence-corrected chi connectivity index (χ3v) is 4.93. The number of aryl methyl sites for hydroxylation is 1. The minimum absolute atomic E-state index is 0.182. The van der Waals surface area contributed by atoms with E-state index in [4.69, 9.17) is 0 Å². The lowest BCUT2D eigenvalue weighted by Gasteiger charge is -2.14. The van der Waals surface area contributed by atoms with E-state index in [2.05, 4.69) is 36.0 Å². The van der Waals surface area contributed by atoms with Gasteiger partial charge in [0.05, 0.1) is 5.75 Å². The van der Waals surface area contributed by atoms with E-state index in [1.807, 2.05) is 17.8 Å². The molecule has 4 nitrogen and oxygen atoms in total. The van der Waals surface area contributed by atoms with E-state index in [-0.39, 0.29) is 5.41 Å². The normalized spacial score (nSPS) is 12.0. The topological polar surface area (TPSA) is 43.6 Å². The average molecular weight is 268 g/mol. The predicted molar refractivity (Wildman–Crippen MR) is 71.4 cm³/mol.